The number of carbonyl (C=O) groups is 1. The van der Waals surface area contributed by atoms with Crippen molar-refractivity contribution in [3.05, 3.63) is 53.6 Å². The van der Waals surface area contributed by atoms with Crippen molar-refractivity contribution in [2.75, 3.05) is 21.3 Å². The van der Waals surface area contributed by atoms with E-state index >= 15 is 0 Å². The van der Waals surface area contributed by atoms with Gasteiger partial charge in [-0.25, -0.2) is 0 Å². The van der Waals surface area contributed by atoms with Gasteiger partial charge in [0.05, 0.1) is 26.6 Å². The van der Waals surface area contributed by atoms with Crippen LogP contribution in [0.25, 0.3) is 0 Å². The largest absolute Gasteiger partial charge is 0.493 e. The number of amides is 1. The van der Waals surface area contributed by atoms with E-state index in [1.807, 2.05) is 54.3 Å². The summed E-state index contributed by atoms with van der Waals surface area (Å²) in [5.74, 6) is 1.87. The van der Waals surface area contributed by atoms with Gasteiger partial charge in [0.1, 0.15) is 5.37 Å². The van der Waals surface area contributed by atoms with Crippen molar-refractivity contribution in [1.82, 2.24) is 4.90 Å². The highest BCUT2D eigenvalue weighted by molar-refractivity contribution is 8.01. The van der Waals surface area contributed by atoms with Gasteiger partial charge in [0.15, 0.2) is 11.5 Å². The maximum atomic E-state index is 12.7. The summed E-state index contributed by atoms with van der Waals surface area (Å²) < 4.78 is 16.3. The topological polar surface area (TPSA) is 48.0 Å². The Labute approximate surface area is 158 Å². The molecule has 6 heteroatoms. The highest BCUT2D eigenvalue weighted by Gasteiger charge is 2.39. The molecule has 0 N–H and O–H groups in total. The summed E-state index contributed by atoms with van der Waals surface area (Å²) in [5.41, 5.74) is 2.06. The molecule has 0 saturated carbocycles. The number of carbonyl (C=O) groups excluding carboxylic acids is 1. The van der Waals surface area contributed by atoms with E-state index in [0.717, 1.165) is 11.1 Å². The van der Waals surface area contributed by atoms with Crippen molar-refractivity contribution < 1.29 is 19.0 Å². The summed E-state index contributed by atoms with van der Waals surface area (Å²) >= 11 is 1.63. The van der Waals surface area contributed by atoms with E-state index in [1.165, 1.54) is 0 Å². The van der Waals surface area contributed by atoms with Crippen LogP contribution >= 0.6 is 11.8 Å². The predicted molar refractivity (Wildman–Crippen MR) is 103 cm³/mol. The minimum atomic E-state index is -0.105. The first-order valence-corrected chi connectivity index (χ1v) is 9.33. The highest BCUT2D eigenvalue weighted by atomic mass is 32.2. The zero-order valence-corrected chi connectivity index (χ0v) is 16.2. The number of methoxy groups -OCH3 is 3. The van der Waals surface area contributed by atoms with Crippen molar-refractivity contribution in [1.29, 1.82) is 0 Å². The molecular formula is C20H23NO4S. The van der Waals surface area contributed by atoms with Gasteiger partial charge in [0.2, 0.25) is 11.7 Å². The van der Waals surface area contributed by atoms with E-state index in [0.29, 0.717) is 23.8 Å². The maximum absolute atomic E-state index is 12.7. The van der Waals surface area contributed by atoms with E-state index in [9.17, 15) is 4.79 Å². The third kappa shape index (κ3) is 3.46. The Morgan fingerprint density at radius 3 is 2.15 bits per heavy atom. The quantitative estimate of drug-likeness (QED) is 0.769. The summed E-state index contributed by atoms with van der Waals surface area (Å²) in [5, 5.41) is -0.200. The van der Waals surface area contributed by atoms with Crippen LogP contribution in [0.5, 0.6) is 17.2 Å². The maximum Gasteiger partial charge on any atom is 0.236 e. The number of thioether (sulfide) groups is 1. The molecule has 1 amide bonds. The van der Waals surface area contributed by atoms with Gasteiger partial charge >= 0.3 is 0 Å². The van der Waals surface area contributed by atoms with Gasteiger partial charge in [-0.3, -0.25) is 4.79 Å². The molecule has 2 aromatic rings. The second-order valence-electron chi connectivity index (χ2n) is 6.04. The van der Waals surface area contributed by atoms with Crippen LogP contribution in [-0.4, -0.2) is 37.4 Å². The minimum Gasteiger partial charge on any atom is -0.493 e. The first-order valence-electron chi connectivity index (χ1n) is 8.38. The van der Waals surface area contributed by atoms with E-state index in [4.69, 9.17) is 14.2 Å². The van der Waals surface area contributed by atoms with E-state index in [1.54, 1.807) is 33.1 Å². The van der Waals surface area contributed by atoms with Gasteiger partial charge in [-0.1, -0.05) is 30.3 Å². The van der Waals surface area contributed by atoms with Gasteiger partial charge < -0.3 is 19.1 Å². The number of hydrogen-bond donors (Lipinski definition) is 0. The standard InChI is InChI=1S/C20H23NO4S/c1-13-19(22)21(12-14-8-6-5-7-9-14)20(26-13)15-10-16(23-2)18(25-4)17(11-15)24-3/h5-11,13,20H,12H2,1-4H3/t13-,20-/m1/s1. The SMILES string of the molecule is COc1cc([C@H]2S[C@H](C)C(=O)N2Cc2ccccc2)cc(OC)c1OC. The molecule has 1 aliphatic rings. The van der Waals surface area contributed by atoms with Crippen LogP contribution in [-0.2, 0) is 11.3 Å². The smallest absolute Gasteiger partial charge is 0.236 e. The number of rotatable bonds is 6. The zero-order valence-electron chi connectivity index (χ0n) is 15.4. The van der Waals surface area contributed by atoms with Crippen molar-refractivity contribution in [3.63, 3.8) is 0 Å². The molecule has 1 heterocycles. The van der Waals surface area contributed by atoms with Crippen LogP contribution in [0.15, 0.2) is 42.5 Å². The third-order valence-corrected chi connectivity index (χ3v) is 5.81. The summed E-state index contributed by atoms with van der Waals surface area (Å²) in [4.78, 5) is 14.7. The molecule has 1 aliphatic heterocycles. The average molecular weight is 373 g/mol. The number of ether oxygens (including phenoxy) is 3. The Bertz CT molecular complexity index is 756. The molecule has 1 fully saturated rings. The zero-order chi connectivity index (χ0) is 18.7. The lowest BCUT2D eigenvalue weighted by atomic mass is 10.1. The molecule has 0 spiro atoms. The monoisotopic (exact) mass is 373 g/mol. The van der Waals surface area contributed by atoms with Crippen molar-refractivity contribution >= 4 is 17.7 Å². The van der Waals surface area contributed by atoms with Crippen molar-refractivity contribution in [2.24, 2.45) is 0 Å². The molecule has 0 unspecified atom stereocenters. The Kier molecular flexibility index (Phi) is 5.61. The molecule has 0 aromatic heterocycles. The Balaban J connectivity index is 1.99. The number of nitrogens with zero attached hydrogens (tertiary/aromatic N) is 1. The van der Waals surface area contributed by atoms with Gasteiger partial charge in [0, 0.05) is 6.54 Å². The van der Waals surface area contributed by atoms with Gasteiger partial charge in [-0.05, 0) is 30.2 Å². The Hall–Kier alpha value is -2.34. The van der Waals surface area contributed by atoms with Crippen molar-refractivity contribution in [3.8, 4) is 17.2 Å². The molecule has 0 aliphatic carbocycles. The van der Waals surface area contributed by atoms with Gasteiger partial charge in [0.25, 0.3) is 0 Å². The van der Waals surface area contributed by atoms with Crippen LogP contribution in [0.3, 0.4) is 0 Å². The van der Waals surface area contributed by atoms with Crippen molar-refractivity contribution in [2.45, 2.75) is 24.1 Å². The predicted octanol–water partition coefficient (Wildman–Crippen LogP) is 3.88. The first-order chi connectivity index (χ1) is 12.6. The second-order valence-corrected chi connectivity index (χ2v) is 7.47. The average Bonchev–Trinajstić information content (AvgIpc) is 2.96. The molecule has 5 nitrogen and oxygen atoms in total. The normalized spacial score (nSPS) is 19.5. The van der Waals surface area contributed by atoms with Gasteiger partial charge in [-0.2, -0.15) is 0 Å². The minimum absolute atomic E-state index is 0.0946. The summed E-state index contributed by atoms with van der Waals surface area (Å²) in [6.07, 6.45) is 0. The van der Waals surface area contributed by atoms with Crippen LogP contribution < -0.4 is 14.2 Å². The molecular weight excluding hydrogens is 350 g/mol. The molecule has 138 valence electrons. The third-order valence-electron chi connectivity index (χ3n) is 4.41. The van der Waals surface area contributed by atoms with E-state index in [2.05, 4.69) is 0 Å². The van der Waals surface area contributed by atoms with Crippen LogP contribution in [0, 0.1) is 0 Å². The lowest BCUT2D eigenvalue weighted by Gasteiger charge is -2.25. The fraction of sp³-hybridized carbons (Fsp3) is 0.350. The van der Waals surface area contributed by atoms with Gasteiger partial charge in [-0.15, -0.1) is 11.8 Å². The molecule has 26 heavy (non-hydrogen) atoms. The van der Waals surface area contributed by atoms with Crippen LogP contribution in [0.4, 0.5) is 0 Å². The van der Waals surface area contributed by atoms with E-state index in [-0.39, 0.29) is 16.5 Å². The number of benzene rings is 2. The fourth-order valence-electron chi connectivity index (χ4n) is 3.12. The fourth-order valence-corrected chi connectivity index (χ4v) is 4.37. The molecule has 0 bridgehead atoms. The first kappa shape index (κ1) is 18.5. The number of hydrogen-bond acceptors (Lipinski definition) is 5. The van der Waals surface area contributed by atoms with E-state index < -0.39 is 0 Å². The lowest BCUT2D eigenvalue weighted by molar-refractivity contribution is -0.130. The van der Waals surface area contributed by atoms with Crippen LogP contribution in [0.1, 0.15) is 23.4 Å². The summed E-state index contributed by atoms with van der Waals surface area (Å²) in [7, 11) is 4.77. The molecule has 1 saturated heterocycles. The molecule has 2 aromatic carbocycles. The highest BCUT2D eigenvalue weighted by Crippen LogP contribution is 2.48. The summed E-state index contributed by atoms with van der Waals surface area (Å²) in [6, 6.07) is 13.9. The van der Waals surface area contributed by atoms with Crippen LogP contribution in [0.2, 0.25) is 0 Å². The lowest BCUT2D eigenvalue weighted by Crippen LogP contribution is -2.29. The summed E-state index contributed by atoms with van der Waals surface area (Å²) in [6.45, 7) is 2.52. The Morgan fingerprint density at radius 2 is 1.62 bits per heavy atom. The second kappa shape index (κ2) is 7.91. The molecule has 2 atom stereocenters. The molecule has 3 rings (SSSR count). The Morgan fingerprint density at radius 1 is 1.00 bits per heavy atom. The molecule has 0 radical (unpaired) electrons.